The molecule has 1 aliphatic carbocycles. The van der Waals surface area contributed by atoms with Crippen molar-refractivity contribution in [2.24, 2.45) is 5.92 Å². The number of nitro groups is 1. The highest BCUT2D eigenvalue weighted by Gasteiger charge is 2.37. The van der Waals surface area contributed by atoms with Crippen LogP contribution in [0.1, 0.15) is 36.4 Å². The molecular formula is C16H20N4O3. The van der Waals surface area contributed by atoms with Crippen molar-refractivity contribution >= 4 is 5.69 Å². The van der Waals surface area contributed by atoms with Crippen LogP contribution in [0.3, 0.4) is 0 Å². The van der Waals surface area contributed by atoms with E-state index in [0.29, 0.717) is 11.5 Å². The maximum absolute atomic E-state index is 11.2. The van der Waals surface area contributed by atoms with Crippen molar-refractivity contribution in [1.82, 2.24) is 10.2 Å². The molecule has 1 saturated carbocycles. The largest absolute Gasteiger partial charge is 0.502 e. The summed E-state index contributed by atoms with van der Waals surface area (Å²) in [6.07, 6.45) is 3.26. The zero-order valence-electron chi connectivity index (χ0n) is 12.9. The predicted molar refractivity (Wildman–Crippen MR) is 84.0 cm³/mol. The van der Waals surface area contributed by atoms with Crippen LogP contribution in [0.2, 0.25) is 0 Å². The molecule has 0 aromatic heterocycles. The fraction of sp³-hybridized carbons (Fsp3) is 0.562. The van der Waals surface area contributed by atoms with E-state index < -0.39 is 4.92 Å². The van der Waals surface area contributed by atoms with Crippen molar-refractivity contribution in [1.29, 1.82) is 5.26 Å². The zero-order chi connectivity index (χ0) is 16.4. The summed E-state index contributed by atoms with van der Waals surface area (Å²) in [7, 11) is 0. The van der Waals surface area contributed by atoms with Crippen LogP contribution in [0.15, 0.2) is 12.1 Å². The Kier molecular flexibility index (Phi) is 4.46. The van der Waals surface area contributed by atoms with Gasteiger partial charge in [-0.05, 0) is 24.8 Å². The van der Waals surface area contributed by atoms with E-state index in [1.165, 1.54) is 0 Å². The lowest BCUT2D eigenvalue weighted by atomic mass is 9.75. The molecule has 0 amide bonds. The summed E-state index contributed by atoms with van der Waals surface area (Å²) in [6, 6.07) is 4.68. The number of phenols is 1. The minimum absolute atomic E-state index is 0.0575. The molecule has 23 heavy (non-hydrogen) atoms. The SMILES string of the molecule is N#Cc1cc([C@H](C2CCC2)N2CCNCC2)c(O)c([N+](=O)[O-])c1. The lowest BCUT2D eigenvalue weighted by Gasteiger charge is -2.43. The summed E-state index contributed by atoms with van der Waals surface area (Å²) >= 11 is 0. The van der Waals surface area contributed by atoms with Crippen molar-refractivity contribution in [2.75, 3.05) is 26.2 Å². The molecule has 7 heteroatoms. The number of nitrogens with one attached hydrogen (secondary N) is 1. The van der Waals surface area contributed by atoms with Gasteiger partial charge >= 0.3 is 5.69 Å². The van der Waals surface area contributed by atoms with E-state index >= 15 is 0 Å². The van der Waals surface area contributed by atoms with Gasteiger partial charge in [0.2, 0.25) is 0 Å². The number of phenolic OH excluding ortho intramolecular Hbond substituents is 1. The summed E-state index contributed by atoms with van der Waals surface area (Å²) < 4.78 is 0. The zero-order valence-corrected chi connectivity index (χ0v) is 12.9. The second-order valence-electron chi connectivity index (χ2n) is 6.22. The molecule has 1 atom stereocenters. The maximum atomic E-state index is 11.2. The number of rotatable bonds is 4. The molecule has 1 aromatic rings. The second kappa shape index (κ2) is 6.52. The number of benzene rings is 1. The van der Waals surface area contributed by atoms with Crippen LogP contribution in [0, 0.1) is 27.4 Å². The second-order valence-corrected chi connectivity index (χ2v) is 6.22. The number of aromatic hydroxyl groups is 1. The smallest absolute Gasteiger partial charge is 0.312 e. The third-order valence-electron chi connectivity index (χ3n) is 4.91. The summed E-state index contributed by atoms with van der Waals surface area (Å²) in [5.41, 5.74) is 0.379. The molecule has 0 bridgehead atoms. The molecule has 2 aliphatic rings. The lowest BCUT2D eigenvalue weighted by Crippen LogP contribution is -2.47. The van der Waals surface area contributed by atoms with Crippen LogP contribution < -0.4 is 5.32 Å². The molecule has 3 rings (SSSR count). The van der Waals surface area contributed by atoms with Gasteiger partial charge in [-0.25, -0.2) is 0 Å². The first-order valence-corrected chi connectivity index (χ1v) is 7.98. The van der Waals surface area contributed by atoms with Crippen molar-refractivity contribution in [3.63, 3.8) is 0 Å². The average Bonchev–Trinajstić information content (AvgIpc) is 2.52. The van der Waals surface area contributed by atoms with E-state index in [4.69, 9.17) is 0 Å². The molecule has 1 saturated heterocycles. The summed E-state index contributed by atoms with van der Waals surface area (Å²) in [5, 5.41) is 34.1. The van der Waals surface area contributed by atoms with Crippen molar-refractivity contribution in [3.8, 4) is 11.8 Å². The summed E-state index contributed by atoms with van der Waals surface area (Å²) in [5.74, 6) is 0.0944. The fourth-order valence-electron chi connectivity index (χ4n) is 3.53. The van der Waals surface area contributed by atoms with E-state index in [0.717, 1.165) is 51.5 Å². The average molecular weight is 316 g/mol. The van der Waals surface area contributed by atoms with E-state index in [1.54, 1.807) is 6.07 Å². The maximum Gasteiger partial charge on any atom is 0.312 e. The van der Waals surface area contributed by atoms with Gasteiger partial charge < -0.3 is 10.4 Å². The number of nitro benzene ring substituents is 1. The Bertz CT molecular complexity index is 645. The Labute approximate surface area is 134 Å². The van der Waals surface area contributed by atoms with Crippen LogP contribution in [-0.4, -0.2) is 41.1 Å². The monoisotopic (exact) mass is 316 g/mol. The first-order valence-electron chi connectivity index (χ1n) is 7.98. The van der Waals surface area contributed by atoms with Gasteiger partial charge in [-0.1, -0.05) is 6.42 Å². The van der Waals surface area contributed by atoms with E-state index in [9.17, 15) is 20.5 Å². The van der Waals surface area contributed by atoms with Crippen LogP contribution in [-0.2, 0) is 0 Å². The standard InChI is InChI=1S/C16H20N4O3/c17-10-11-8-13(16(21)14(9-11)20(22)23)15(12-2-1-3-12)19-6-4-18-5-7-19/h8-9,12,15,18,21H,1-7H2/t15-/m0/s1. The Hall–Kier alpha value is -2.17. The summed E-state index contributed by atoms with van der Waals surface area (Å²) in [6.45, 7) is 3.41. The number of hydrogen-bond acceptors (Lipinski definition) is 6. The predicted octanol–water partition coefficient (Wildman–Crippen LogP) is 1.92. The number of hydrogen-bond donors (Lipinski definition) is 2. The number of piperazine rings is 1. The van der Waals surface area contributed by atoms with Gasteiger partial charge in [0.15, 0.2) is 5.75 Å². The highest BCUT2D eigenvalue weighted by atomic mass is 16.6. The first-order chi connectivity index (χ1) is 11.1. The minimum atomic E-state index is -0.616. The quantitative estimate of drug-likeness (QED) is 0.650. The molecular weight excluding hydrogens is 296 g/mol. The van der Waals surface area contributed by atoms with Gasteiger partial charge in [0, 0.05) is 43.9 Å². The number of nitriles is 1. The summed E-state index contributed by atoms with van der Waals surface area (Å²) in [4.78, 5) is 12.9. The molecule has 122 valence electrons. The van der Waals surface area contributed by atoms with Crippen molar-refractivity contribution in [2.45, 2.75) is 25.3 Å². The van der Waals surface area contributed by atoms with E-state index in [2.05, 4.69) is 10.2 Å². The van der Waals surface area contributed by atoms with Crippen LogP contribution in [0.5, 0.6) is 5.75 Å². The molecule has 0 radical (unpaired) electrons. The van der Waals surface area contributed by atoms with Gasteiger partial charge in [-0.15, -0.1) is 0 Å². The minimum Gasteiger partial charge on any atom is -0.502 e. The van der Waals surface area contributed by atoms with Crippen molar-refractivity contribution in [3.05, 3.63) is 33.4 Å². The topological polar surface area (TPSA) is 102 Å². The molecule has 1 aliphatic heterocycles. The lowest BCUT2D eigenvalue weighted by molar-refractivity contribution is -0.386. The fourth-order valence-corrected chi connectivity index (χ4v) is 3.53. The third-order valence-corrected chi connectivity index (χ3v) is 4.91. The van der Waals surface area contributed by atoms with Crippen LogP contribution in [0.4, 0.5) is 5.69 Å². The van der Waals surface area contributed by atoms with Gasteiger partial charge in [-0.3, -0.25) is 15.0 Å². The van der Waals surface area contributed by atoms with Gasteiger partial charge in [-0.2, -0.15) is 5.26 Å². The van der Waals surface area contributed by atoms with E-state index in [-0.39, 0.29) is 23.0 Å². The van der Waals surface area contributed by atoms with Crippen molar-refractivity contribution < 1.29 is 10.0 Å². The number of nitrogens with zero attached hydrogens (tertiary/aromatic N) is 3. The normalized spacial score (nSPS) is 20.5. The Morgan fingerprint density at radius 2 is 2.09 bits per heavy atom. The first kappa shape index (κ1) is 15.7. The highest BCUT2D eigenvalue weighted by Crippen LogP contribution is 2.46. The van der Waals surface area contributed by atoms with Crippen LogP contribution >= 0.6 is 0 Å². The molecule has 2 N–H and O–H groups in total. The van der Waals surface area contributed by atoms with Gasteiger partial charge in [0.25, 0.3) is 0 Å². The molecule has 1 aromatic carbocycles. The third kappa shape index (κ3) is 3.00. The van der Waals surface area contributed by atoms with Crippen LogP contribution in [0.25, 0.3) is 0 Å². The van der Waals surface area contributed by atoms with E-state index in [1.807, 2.05) is 6.07 Å². The molecule has 0 spiro atoms. The Balaban J connectivity index is 2.05. The Morgan fingerprint density at radius 1 is 1.39 bits per heavy atom. The molecule has 7 nitrogen and oxygen atoms in total. The molecule has 0 unspecified atom stereocenters. The van der Waals surface area contributed by atoms with Gasteiger partial charge in [0.05, 0.1) is 16.6 Å². The molecule has 2 fully saturated rings. The van der Waals surface area contributed by atoms with Gasteiger partial charge in [0.1, 0.15) is 0 Å². The molecule has 1 heterocycles. The Morgan fingerprint density at radius 3 is 2.61 bits per heavy atom. The highest BCUT2D eigenvalue weighted by molar-refractivity contribution is 5.57.